The molecule has 0 N–H and O–H groups in total. The van der Waals surface area contributed by atoms with Crippen LogP contribution in [-0.2, 0) is 0 Å². The topological polar surface area (TPSA) is 18.6 Å². The number of fused-ring (bicyclic) bond motifs is 6. The summed E-state index contributed by atoms with van der Waals surface area (Å²) in [5.74, 6) is 0. The molecule has 5 aromatic carbocycles. The van der Waals surface area contributed by atoms with Crippen LogP contribution in [0.4, 0.5) is 11.4 Å². The van der Waals surface area contributed by atoms with E-state index in [9.17, 15) is 0 Å². The van der Waals surface area contributed by atoms with Crippen LogP contribution in [0.3, 0.4) is 0 Å². The van der Waals surface area contributed by atoms with Crippen LogP contribution in [0.5, 0.6) is 0 Å². The van der Waals surface area contributed by atoms with Crippen molar-refractivity contribution < 1.29 is 0 Å². The Morgan fingerprint density at radius 3 is 1.33 bits per heavy atom. The fourth-order valence-electron chi connectivity index (χ4n) is 5.39. The zero-order chi connectivity index (χ0) is 24.2. The minimum Gasteiger partial charge on any atom is -0.309 e. The first-order valence-electron chi connectivity index (χ1n) is 11.7. The van der Waals surface area contributed by atoms with Crippen molar-refractivity contribution in [3.8, 4) is 11.4 Å². The molecule has 0 aliphatic carbocycles. The van der Waals surface area contributed by atoms with Gasteiger partial charge in [0.15, 0.2) is 11.4 Å². The summed E-state index contributed by atoms with van der Waals surface area (Å²) in [6, 6.07) is 37.1. The molecule has 0 spiro atoms. The average Bonchev–Trinajstić information content (AvgIpc) is 3.45. The molecule has 0 aliphatic heterocycles. The molecule has 2 aromatic heterocycles. The molecule has 0 saturated carbocycles. The molecular weight excluding hydrogens is 440 g/mol. The van der Waals surface area contributed by atoms with Crippen LogP contribution in [0.1, 0.15) is 0 Å². The van der Waals surface area contributed by atoms with Crippen LogP contribution in [0.2, 0.25) is 0 Å². The van der Waals surface area contributed by atoms with Crippen molar-refractivity contribution in [2.24, 2.45) is 0 Å². The number of aromatic nitrogens is 2. The van der Waals surface area contributed by atoms with Crippen molar-refractivity contribution in [3.63, 3.8) is 0 Å². The number of hydrogen-bond donors (Lipinski definition) is 0. The molecule has 0 saturated heterocycles. The van der Waals surface area contributed by atoms with Gasteiger partial charge in [0.05, 0.1) is 35.2 Å². The molecule has 2 heterocycles. The normalized spacial score (nSPS) is 11.3. The molecule has 0 radical (unpaired) electrons. The Hall–Kier alpha value is -5.32. The summed E-state index contributed by atoms with van der Waals surface area (Å²) in [7, 11) is 0. The van der Waals surface area contributed by atoms with Crippen molar-refractivity contribution in [2.45, 2.75) is 0 Å². The molecule has 0 amide bonds. The van der Waals surface area contributed by atoms with Crippen molar-refractivity contribution in [1.29, 1.82) is 0 Å². The van der Waals surface area contributed by atoms with Crippen LogP contribution in [0.25, 0.3) is 64.7 Å². The van der Waals surface area contributed by atoms with Gasteiger partial charge in [-0.1, -0.05) is 54.6 Å². The lowest BCUT2D eigenvalue weighted by atomic mass is 10.1. The Balaban J connectivity index is 1.53. The van der Waals surface area contributed by atoms with Crippen molar-refractivity contribution in [1.82, 2.24) is 9.13 Å². The molecular formula is C32H18N4. The van der Waals surface area contributed by atoms with E-state index in [1.165, 1.54) is 0 Å². The molecule has 7 aromatic rings. The predicted molar refractivity (Wildman–Crippen MR) is 148 cm³/mol. The van der Waals surface area contributed by atoms with E-state index in [0.717, 1.165) is 55.0 Å². The van der Waals surface area contributed by atoms with Gasteiger partial charge >= 0.3 is 0 Å². The van der Waals surface area contributed by atoms with Gasteiger partial charge in [-0.15, -0.1) is 0 Å². The standard InChI is InChI=1S/C32H18N4/c1-33-21-14-16-31-27(18-21)25-10-3-5-12-29(25)35(31)23-8-7-9-24(20-23)36-30-13-6-4-11-26(30)28-19-22(34-2)15-17-32(28)36/h3-20H. The fraction of sp³-hybridized carbons (Fsp3) is 0. The summed E-state index contributed by atoms with van der Waals surface area (Å²) < 4.78 is 4.54. The van der Waals surface area contributed by atoms with Crippen LogP contribution in [-0.4, -0.2) is 9.13 Å². The van der Waals surface area contributed by atoms with E-state index in [0.29, 0.717) is 11.4 Å². The number of benzene rings is 5. The molecule has 0 aliphatic rings. The summed E-state index contributed by atoms with van der Waals surface area (Å²) in [6.45, 7) is 14.9. The van der Waals surface area contributed by atoms with Crippen molar-refractivity contribution >= 4 is 55.0 Å². The second-order valence-corrected chi connectivity index (χ2v) is 8.85. The SMILES string of the molecule is [C-]#[N+]c1ccc2c(c1)c1ccccc1n2-c1cccc(-n2c3ccccc3c3cc([N+]#[C-])ccc32)c1. The van der Waals surface area contributed by atoms with Gasteiger partial charge in [-0.3, -0.25) is 0 Å². The number of nitrogens with zero attached hydrogens (tertiary/aromatic N) is 4. The molecule has 0 bridgehead atoms. The first-order chi connectivity index (χ1) is 17.8. The Bertz CT molecular complexity index is 1930. The van der Waals surface area contributed by atoms with Crippen LogP contribution in [0, 0.1) is 13.1 Å². The lowest BCUT2D eigenvalue weighted by molar-refractivity contribution is 1.13. The second-order valence-electron chi connectivity index (χ2n) is 8.85. The molecule has 0 fully saturated rings. The number of para-hydroxylation sites is 2. The molecule has 4 nitrogen and oxygen atoms in total. The van der Waals surface area contributed by atoms with Gasteiger partial charge in [-0.25, -0.2) is 9.69 Å². The predicted octanol–water partition coefficient (Wildman–Crippen LogP) is 8.98. The first-order valence-corrected chi connectivity index (χ1v) is 11.7. The highest BCUT2D eigenvalue weighted by Gasteiger charge is 2.15. The van der Waals surface area contributed by atoms with E-state index in [1.807, 2.05) is 48.5 Å². The van der Waals surface area contributed by atoms with Crippen LogP contribution < -0.4 is 0 Å². The number of rotatable bonds is 2. The molecule has 7 rings (SSSR count). The maximum Gasteiger partial charge on any atom is 0.188 e. The monoisotopic (exact) mass is 458 g/mol. The quantitative estimate of drug-likeness (QED) is 0.230. The summed E-state index contributed by atoms with van der Waals surface area (Å²) in [5, 5.41) is 4.42. The third kappa shape index (κ3) is 2.79. The average molecular weight is 459 g/mol. The number of hydrogen-bond acceptors (Lipinski definition) is 0. The van der Waals surface area contributed by atoms with E-state index in [2.05, 4.69) is 79.5 Å². The Morgan fingerprint density at radius 1 is 0.417 bits per heavy atom. The van der Waals surface area contributed by atoms with Gasteiger partial charge in [-0.05, 0) is 65.4 Å². The van der Waals surface area contributed by atoms with E-state index in [-0.39, 0.29) is 0 Å². The highest BCUT2D eigenvalue weighted by Crippen LogP contribution is 2.37. The van der Waals surface area contributed by atoms with Gasteiger partial charge in [0.25, 0.3) is 0 Å². The molecule has 0 atom stereocenters. The molecule has 36 heavy (non-hydrogen) atoms. The highest BCUT2D eigenvalue weighted by molar-refractivity contribution is 6.11. The Labute approximate surface area is 207 Å². The smallest absolute Gasteiger partial charge is 0.188 e. The van der Waals surface area contributed by atoms with Crippen molar-refractivity contribution in [2.75, 3.05) is 0 Å². The largest absolute Gasteiger partial charge is 0.309 e. The van der Waals surface area contributed by atoms with E-state index >= 15 is 0 Å². The van der Waals surface area contributed by atoms with Gasteiger partial charge < -0.3 is 9.13 Å². The van der Waals surface area contributed by atoms with Gasteiger partial charge in [-0.2, -0.15) is 0 Å². The lowest BCUT2D eigenvalue weighted by Gasteiger charge is -2.13. The Morgan fingerprint density at radius 2 is 0.861 bits per heavy atom. The maximum absolute atomic E-state index is 7.46. The minimum atomic E-state index is 0.642. The Kier molecular flexibility index (Phi) is 4.24. The third-order valence-corrected chi connectivity index (χ3v) is 6.92. The third-order valence-electron chi connectivity index (χ3n) is 6.92. The zero-order valence-electron chi connectivity index (χ0n) is 19.2. The van der Waals surface area contributed by atoms with Gasteiger partial charge in [0.1, 0.15) is 0 Å². The lowest BCUT2D eigenvalue weighted by Crippen LogP contribution is -1.98. The molecule has 0 unspecified atom stereocenters. The summed E-state index contributed by atoms with van der Waals surface area (Å²) in [4.78, 5) is 7.29. The fourth-order valence-corrected chi connectivity index (χ4v) is 5.39. The van der Waals surface area contributed by atoms with Gasteiger partial charge in [0.2, 0.25) is 0 Å². The summed E-state index contributed by atoms with van der Waals surface area (Å²) in [5.41, 5.74) is 7.75. The van der Waals surface area contributed by atoms with E-state index in [4.69, 9.17) is 13.1 Å². The zero-order valence-corrected chi connectivity index (χ0v) is 19.2. The molecule has 4 heteroatoms. The summed E-state index contributed by atoms with van der Waals surface area (Å²) in [6.07, 6.45) is 0. The van der Waals surface area contributed by atoms with Crippen LogP contribution >= 0.6 is 0 Å². The van der Waals surface area contributed by atoms with Crippen molar-refractivity contribution in [3.05, 3.63) is 132 Å². The highest BCUT2D eigenvalue weighted by atomic mass is 15.0. The van der Waals surface area contributed by atoms with E-state index < -0.39 is 0 Å². The van der Waals surface area contributed by atoms with Gasteiger partial charge in [0, 0.05) is 22.1 Å². The van der Waals surface area contributed by atoms with Crippen LogP contribution in [0.15, 0.2) is 109 Å². The first kappa shape index (κ1) is 20.1. The molecule has 166 valence electrons. The minimum absolute atomic E-state index is 0.642. The summed E-state index contributed by atoms with van der Waals surface area (Å²) >= 11 is 0. The second kappa shape index (κ2) is 7.60. The maximum atomic E-state index is 7.46. The van der Waals surface area contributed by atoms with E-state index in [1.54, 1.807) is 0 Å².